The molecule has 0 aliphatic rings. The third kappa shape index (κ3) is 4.65. The zero-order valence-electron chi connectivity index (χ0n) is 16.9. The van der Waals surface area contributed by atoms with Crippen LogP contribution in [0.15, 0.2) is 90.1 Å². The van der Waals surface area contributed by atoms with Crippen LogP contribution < -0.4 is 0 Å². The number of carbonyl (C=O) groups excluding carboxylic acids is 1. The third-order valence-electron chi connectivity index (χ3n) is 4.89. The lowest BCUT2D eigenvalue weighted by Gasteiger charge is -2.17. The van der Waals surface area contributed by atoms with Crippen molar-refractivity contribution in [3.63, 3.8) is 0 Å². The fourth-order valence-corrected chi connectivity index (χ4v) is 4.30. The molecular formula is C23H21N3O4S. The number of aromatic nitrogens is 2. The second-order valence-corrected chi connectivity index (χ2v) is 9.09. The molecule has 0 aliphatic carbocycles. The molecule has 4 aromatic rings. The number of hydrogen-bond acceptors (Lipinski definition) is 5. The zero-order valence-corrected chi connectivity index (χ0v) is 17.7. The topological polar surface area (TPSA) is 81.5 Å². The molecule has 3 aromatic carbocycles. The maximum absolute atomic E-state index is 12.8. The third-order valence-corrected chi connectivity index (χ3v) is 6.69. The lowest BCUT2D eigenvalue weighted by atomic mass is 10.1. The number of fused-ring (bicyclic) bond motifs is 1. The first-order valence-electron chi connectivity index (χ1n) is 9.63. The lowest BCUT2D eigenvalue weighted by molar-refractivity contribution is -0.144. The molecule has 7 nitrogen and oxygen atoms in total. The summed E-state index contributed by atoms with van der Waals surface area (Å²) in [5.74, 6) is -0.622. The van der Waals surface area contributed by atoms with Crippen LogP contribution in [0.5, 0.6) is 0 Å². The summed E-state index contributed by atoms with van der Waals surface area (Å²) in [7, 11) is -2.45. The smallest absolute Gasteiger partial charge is 0.321 e. The van der Waals surface area contributed by atoms with Crippen molar-refractivity contribution in [1.29, 1.82) is 0 Å². The van der Waals surface area contributed by atoms with Crippen LogP contribution in [0.3, 0.4) is 0 Å². The van der Waals surface area contributed by atoms with Crippen molar-refractivity contribution in [3.05, 3.63) is 90.8 Å². The van der Waals surface area contributed by atoms with Crippen molar-refractivity contribution >= 4 is 26.8 Å². The number of benzene rings is 3. The van der Waals surface area contributed by atoms with Crippen LogP contribution >= 0.6 is 0 Å². The highest BCUT2D eigenvalue weighted by Gasteiger charge is 2.23. The summed E-state index contributed by atoms with van der Waals surface area (Å²) < 4.78 is 33.7. The fourth-order valence-electron chi connectivity index (χ4n) is 3.15. The number of esters is 1. The van der Waals surface area contributed by atoms with Crippen LogP contribution in [0.2, 0.25) is 0 Å². The van der Waals surface area contributed by atoms with Gasteiger partial charge in [-0.3, -0.25) is 4.79 Å². The number of ether oxygens (including phenoxy) is 1. The molecule has 1 heterocycles. The molecule has 0 unspecified atom stereocenters. The molecule has 0 N–H and O–H groups in total. The minimum Gasteiger partial charge on any atom is -0.460 e. The Bertz CT molecular complexity index is 1300. The summed E-state index contributed by atoms with van der Waals surface area (Å²) in [6, 6.07) is 21.6. The Kier molecular flexibility index (Phi) is 5.83. The van der Waals surface area contributed by atoms with Gasteiger partial charge in [0.1, 0.15) is 13.2 Å². The van der Waals surface area contributed by atoms with E-state index in [0.717, 1.165) is 26.3 Å². The van der Waals surface area contributed by atoms with Gasteiger partial charge in [0.05, 0.1) is 10.6 Å². The summed E-state index contributed by atoms with van der Waals surface area (Å²) in [6.45, 7) is -0.317. The Morgan fingerprint density at radius 1 is 1.00 bits per heavy atom. The highest BCUT2D eigenvalue weighted by molar-refractivity contribution is 7.89. The van der Waals surface area contributed by atoms with Crippen LogP contribution in [-0.2, 0) is 26.2 Å². The van der Waals surface area contributed by atoms with Crippen LogP contribution in [-0.4, -0.2) is 42.1 Å². The van der Waals surface area contributed by atoms with E-state index >= 15 is 0 Å². The van der Waals surface area contributed by atoms with Crippen molar-refractivity contribution in [2.45, 2.75) is 11.5 Å². The predicted molar refractivity (Wildman–Crippen MR) is 117 cm³/mol. The average Bonchev–Trinajstić information content (AvgIpc) is 3.32. The van der Waals surface area contributed by atoms with Gasteiger partial charge in [-0.15, -0.1) is 0 Å². The Morgan fingerprint density at radius 2 is 1.74 bits per heavy atom. The molecular weight excluding hydrogens is 414 g/mol. The fraction of sp³-hybridized carbons (Fsp3) is 0.130. The van der Waals surface area contributed by atoms with E-state index in [4.69, 9.17) is 4.74 Å². The van der Waals surface area contributed by atoms with E-state index in [-0.39, 0.29) is 18.0 Å². The van der Waals surface area contributed by atoms with Gasteiger partial charge in [-0.2, -0.15) is 9.40 Å². The van der Waals surface area contributed by atoms with Gasteiger partial charge in [0, 0.05) is 19.4 Å². The van der Waals surface area contributed by atoms with Gasteiger partial charge < -0.3 is 4.74 Å². The van der Waals surface area contributed by atoms with Gasteiger partial charge in [-0.25, -0.2) is 13.1 Å². The van der Waals surface area contributed by atoms with E-state index in [1.165, 1.54) is 7.05 Å². The summed E-state index contributed by atoms with van der Waals surface area (Å²) in [4.78, 5) is 12.4. The molecule has 8 heteroatoms. The first-order chi connectivity index (χ1) is 14.9. The zero-order chi connectivity index (χ0) is 21.8. The molecule has 0 aliphatic heterocycles. The average molecular weight is 436 g/mol. The molecule has 0 atom stereocenters. The summed E-state index contributed by atoms with van der Waals surface area (Å²) in [5.41, 5.74) is 1.69. The van der Waals surface area contributed by atoms with Crippen LogP contribution in [0.4, 0.5) is 0 Å². The number of carbonyl (C=O) groups is 1. The van der Waals surface area contributed by atoms with Crippen LogP contribution in [0, 0.1) is 0 Å². The SMILES string of the molecule is CN(CC(=O)OCc1ccc(-n2cccn2)cc1)S(=O)(=O)c1ccc2ccccc2c1. The molecule has 0 spiro atoms. The Morgan fingerprint density at radius 3 is 2.45 bits per heavy atom. The highest BCUT2D eigenvalue weighted by Crippen LogP contribution is 2.21. The van der Waals surface area contributed by atoms with Gasteiger partial charge in [0.15, 0.2) is 0 Å². The summed E-state index contributed by atoms with van der Waals surface area (Å²) in [5, 5.41) is 5.92. The second-order valence-electron chi connectivity index (χ2n) is 7.05. The number of rotatable bonds is 7. The minimum absolute atomic E-state index is 0.0576. The van der Waals surface area contributed by atoms with E-state index in [2.05, 4.69) is 5.10 Å². The molecule has 1 aromatic heterocycles. The van der Waals surface area contributed by atoms with Gasteiger partial charge in [0.25, 0.3) is 0 Å². The maximum atomic E-state index is 12.8. The van der Waals surface area contributed by atoms with E-state index in [9.17, 15) is 13.2 Å². The summed E-state index contributed by atoms with van der Waals surface area (Å²) in [6.07, 6.45) is 3.53. The van der Waals surface area contributed by atoms with Gasteiger partial charge in [-0.05, 0) is 46.7 Å². The van der Waals surface area contributed by atoms with Crippen molar-refractivity contribution in [2.75, 3.05) is 13.6 Å². The molecule has 31 heavy (non-hydrogen) atoms. The predicted octanol–water partition coefficient (Wildman–Crippen LogP) is 3.39. The number of sulfonamides is 1. The van der Waals surface area contributed by atoms with Crippen molar-refractivity contribution in [3.8, 4) is 5.69 Å². The standard InChI is InChI=1S/C23H21N3O4S/c1-25(31(28,29)22-12-9-19-5-2-3-6-20(19)15-22)16-23(27)30-17-18-7-10-21(11-8-18)26-14-4-13-24-26/h2-15H,16-17H2,1H3. The van der Waals surface area contributed by atoms with Crippen molar-refractivity contribution in [2.24, 2.45) is 0 Å². The van der Waals surface area contributed by atoms with Crippen molar-refractivity contribution < 1.29 is 17.9 Å². The molecule has 0 radical (unpaired) electrons. The highest BCUT2D eigenvalue weighted by atomic mass is 32.2. The Hall–Kier alpha value is -3.49. The van der Waals surface area contributed by atoms with Crippen molar-refractivity contribution in [1.82, 2.24) is 14.1 Å². The molecule has 0 saturated carbocycles. The quantitative estimate of drug-likeness (QED) is 0.416. The number of nitrogens with zero attached hydrogens (tertiary/aromatic N) is 3. The van der Waals surface area contributed by atoms with E-state index in [1.807, 2.05) is 60.8 Å². The van der Waals surface area contributed by atoms with Gasteiger partial charge in [-0.1, -0.05) is 42.5 Å². The first-order valence-corrected chi connectivity index (χ1v) is 11.1. The van der Waals surface area contributed by atoms with Crippen LogP contribution in [0.1, 0.15) is 5.56 Å². The number of hydrogen-bond donors (Lipinski definition) is 0. The normalized spacial score (nSPS) is 11.7. The van der Waals surface area contributed by atoms with Gasteiger partial charge >= 0.3 is 5.97 Å². The van der Waals surface area contributed by atoms with Crippen LogP contribution in [0.25, 0.3) is 16.5 Å². The Labute approximate surface area is 180 Å². The van der Waals surface area contributed by atoms with Gasteiger partial charge in [0.2, 0.25) is 10.0 Å². The summed E-state index contributed by atoms with van der Waals surface area (Å²) >= 11 is 0. The molecule has 0 saturated heterocycles. The molecule has 158 valence electrons. The van der Waals surface area contributed by atoms with E-state index in [1.54, 1.807) is 29.1 Å². The Balaban J connectivity index is 1.37. The second kappa shape index (κ2) is 8.71. The molecule has 0 bridgehead atoms. The molecule has 4 rings (SSSR count). The maximum Gasteiger partial charge on any atom is 0.321 e. The molecule has 0 fully saturated rings. The van der Waals surface area contributed by atoms with E-state index < -0.39 is 16.0 Å². The lowest BCUT2D eigenvalue weighted by Crippen LogP contribution is -2.33. The molecule has 0 amide bonds. The number of likely N-dealkylation sites (N-methyl/N-ethyl adjacent to an activating group) is 1. The van der Waals surface area contributed by atoms with E-state index in [0.29, 0.717) is 0 Å². The largest absolute Gasteiger partial charge is 0.460 e. The first kappa shape index (κ1) is 20.8. The minimum atomic E-state index is -3.82. The monoisotopic (exact) mass is 435 g/mol.